The number of nitrogens with zero attached hydrogens (tertiary/aromatic N) is 1. The van der Waals surface area contributed by atoms with E-state index in [2.05, 4.69) is 0 Å². The molecule has 0 radical (unpaired) electrons. The number of amides is 1. The fourth-order valence-electron chi connectivity index (χ4n) is 1.85. The Morgan fingerprint density at radius 3 is 2.82 bits per heavy atom. The van der Waals surface area contributed by atoms with Crippen LogP contribution in [-0.4, -0.2) is 23.9 Å². The highest BCUT2D eigenvalue weighted by Crippen LogP contribution is 2.18. The molecule has 2 N–H and O–H groups in total. The monoisotopic (exact) mass is 234 g/mol. The van der Waals surface area contributed by atoms with Crippen molar-refractivity contribution in [3.05, 3.63) is 41.2 Å². The van der Waals surface area contributed by atoms with Crippen LogP contribution in [0.2, 0.25) is 0 Å². The van der Waals surface area contributed by atoms with Crippen LogP contribution in [0.3, 0.4) is 0 Å². The second-order valence-corrected chi connectivity index (χ2v) is 4.28. The fourth-order valence-corrected chi connectivity index (χ4v) is 1.85. The summed E-state index contributed by atoms with van der Waals surface area (Å²) in [6.07, 6.45) is 2.91. The first kappa shape index (κ1) is 11.6. The molecule has 1 aliphatic rings. The highest BCUT2D eigenvalue weighted by molar-refractivity contribution is 5.99. The maximum absolute atomic E-state index is 12.9. The quantitative estimate of drug-likeness (QED) is 0.598. The molecule has 0 unspecified atom stereocenters. The summed E-state index contributed by atoms with van der Waals surface area (Å²) in [6.45, 7) is 3.34. The van der Waals surface area contributed by atoms with Gasteiger partial charge in [0.1, 0.15) is 5.82 Å². The molecule has 90 valence electrons. The van der Waals surface area contributed by atoms with Crippen LogP contribution < -0.4 is 5.73 Å². The molecule has 0 fully saturated rings. The van der Waals surface area contributed by atoms with Gasteiger partial charge < -0.3 is 10.6 Å². The Bertz CT molecular complexity index is 482. The molecular weight excluding hydrogens is 219 g/mol. The molecule has 4 heteroatoms. The largest absolute Gasteiger partial charge is 0.398 e. The van der Waals surface area contributed by atoms with Gasteiger partial charge in [-0.3, -0.25) is 4.79 Å². The Kier molecular flexibility index (Phi) is 3.13. The Labute approximate surface area is 99.7 Å². The first-order valence-corrected chi connectivity index (χ1v) is 5.58. The molecule has 1 aromatic rings. The molecule has 0 saturated carbocycles. The molecule has 1 aliphatic heterocycles. The molecule has 0 atom stereocenters. The van der Waals surface area contributed by atoms with Gasteiger partial charge in [-0.05, 0) is 31.5 Å². The topological polar surface area (TPSA) is 46.3 Å². The van der Waals surface area contributed by atoms with Gasteiger partial charge >= 0.3 is 0 Å². The van der Waals surface area contributed by atoms with Crippen LogP contribution in [0.1, 0.15) is 23.7 Å². The molecule has 0 bridgehead atoms. The van der Waals surface area contributed by atoms with E-state index in [9.17, 15) is 9.18 Å². The summed E-state index contributed by atoms with van der Waals surface area (Å²) < 4.78 is 12.9. The average Bonchev–Trinajstić information content (AvgIpc) is 2.29. The molecule has 17 heavy (non-hydrogen) atoms. The SMILES string of the molecule is CC1=CCN(C(=O)c2ccc(F)cc2N)CC1. The summed E-state index contributed by atoms with van der Waals surface area (Å²) in [5.41, 5.74) is 7.52. The van der Waals surface area contributed by atoms with E-state index < -0.39 is 5.82 Å². The third kappa shape index (κ3) is 2.46. The lowest BCUT2D eigenvalue weighted by molar-refractivity contribution is 0.0770. The minimum atomic E-state index is -0.423. The molecule has 1 amide bonds. The fraction of sp³-hybridized carbons (Fsp3) is 0.308. The van der Waals surface area contributed by atoms with Crippen molar-refractivity contribution in [1.29, 1.82) is 0 Å². The van der Waals surface area contributed by atoms with Gasteiger partial charge in [-0.15, -0.1) is 0 Å². The lowest BCUT2D eigenvalue weighted by Gasteiger charge is -2.26. The summed E-state index contributed by atoms with van der Waals surface area (Å²) in [7, 11) is 0. The summed E-state index contributed by atoms with van der Waals surface area (Å²) >= 11 is 0. The van der Waals surface area contributed by atoms with E-state index in [1.165, 1.54) is 23.8 Å². The number of rotatable bonds is 1. The number of carbonyl (C=O) groups is 1. The van der Waals surface area contributed by atoms with Crippen molar-refractivity contribution in [2.75, 3.05) is 18.8 Å². The van der Waals surface area contributed by atoms with Gasteiger partial charge in [0.05, 0.1) is 5.56 Å². The van der Waals surface area contributed by atoms with E-state index in [0.29, 0.717) is 18.7 Å². The van der Waals surface area contributed by atoms with Crippen LogP contribution in [0, 0.1) is 5.82 Å². The standard InChI is InChI=1S/C13H15FN2O/c1-9-4-6-16(7-5-9)13(17)11-3-2-10(14)8-12(11)15/h2-4,8H,5-7,15H2,1H3. The van der Waals surface area contributed by atoms with Crippen LogP contribution in [0.4, 0.5) is 10.1 Å². The van der Waals surface area contributed by atoms with Gasteiger partial charge in [0, 0.05) is 18.8 Å². The first-order chi connectivity index (χ1) is 8.08. The second kappa shape index (κ2) is 4.57. The average molecular weight is 234 g/mol. The second-order valence-electron chi connectivity index (χ2n) is 4.28. The van der Waals surface area contributed by atoms with Crippen molar-refractivity contribution >= 4 is 11.6 Å². The Balaban J connectivity index is 2.20. The van der Waals surface area contributed by atoms with Crippen molar-refractivity contribution in [3.8, 4) is 0 Å². The molecule has 0 aromatic heterocycles. The Morgan fingerprint density at radius 1 is 1.47 bits per heavy atom. The highest BCUT2D eigenvalue weighted by atomic mass is 19.1. The summed E-state index contributed by atoms with van der Waals surface area (Å²) in [5.74, 6) is -0.556. The number of nitrogen functional groups attached to an aromatic ring is 1. The summed E-state index contributed by atoms with van der Waals surface area (Å²) in [5, 5.41) is 0. The summed E-state index contributed by atoms with van der Waals surface area (Å²) in [4.78, 5) is 13.9. The lowest BCUT2D eigenvalue weighted by atomic mass is 10.1. The normalized spacial score (nSPS) is 15.6. The van der Waals surface area contributed by atoms with Crippen molar-refractivity contribution in [2.45, 2.75) is 13.3 Å². The zero-order valence-corrected chi connectivity index (χ0v) is 9.74. The van der Waals surface area contributed by atoms with Crippen LogP contribution in [0.15, 0.2) is 29.8 Å². The van der Waals surface area contributed by atoms with Crippen LogP contribution >= 0.6 is 0 Å². The van der Waals surface area contributed by atoms with E-state index in [-0.39, 0.29) is 11.6 Å². The van der Waals surface area contributed by atoms with Crippen LogP contribution in [0.25, 0.3) is 0 Å². The minimum Gasteiger partial charge on any atom is -0.398 e. The van der Waals surface area contributed by atoms with E-state index >= 15 is 0 Å². The zero-order chi connectivity index (χ0) is 12.4. The van der Waals surface area contributed by atoms with Gasteiger partial charge in [0.25, 0.3) is 5.91 Å². The predicted molar refractivity (Wildman–Crippen MR) is 65.1 cm³/mol. The molecule has 3 nitrogen and oxygen atoms in total. The molecule has 1 aromatic carbocycles. The highest BCUT2D eigenvalue weighted by Gasteiger charge is 2.19. The van der Waals surface area contributed by atoms with Gasteiger partial charge in [-0.1, -0.05) is 11.6 Å². The third-order valence-electron chi connectivity index (χ3n) is 2.97. The summed E-state index contributed by atoms with van der Waals surface area (Å²) in [6, 6.07) is 3.88. The van der Waals surface area contributed by atoms with Crippen molar-refractivity contribution < 1.29 is 9.18 Å². The van der Waals surface area contributed by atoms with Gasteiger partial charge in [-0.2, -0.15) is 0 Å². The lowest BCUT2D eigenvalue weighted by Crippen LogP contribution is -2.35. The number of anilines is 1. The molecule has 0 spiro atoms. The Hall–Kier alpha value is -1.84. The number of benzene rings is 1. The van der Waals surface area contributed by atoms with Crippen molar-refractivity contribution in [1.82, 2.24) is 4.90 Å². The number of nitrogens with two attached hydrogens (primary N) is 1. The maximum Gasteiger partial charge on any atom is 0.256 e. The number of carbonyl (C=O) groups excluding carboxylic acids is 1. The Morgan fingerprint density at radius 2 is 2.24 bits per heavy atom. The van der Waals surface area contributed by atoms with E-state index in [1.54, 1.807) is 4.90 Å². The number of hydrogen-bond acceptors (Lipinski definition) is 2. The molecule has 1 heterocycles. The molecule has 0 aliphatic carbocycles. The third-order valence-corrected chi connectivity index (χ3v) is 2.97. The van der Waals surface area contributed by atoms with E-state index in [1.807, 2.05) is 13.0 Å². The smallest absolute Gasteiger partial charge is 0.256 e. The molecular formula is C13H15FN2O. The van der Waals surface area contributed by atoms with Gasteiger partial charge in [-0.25, -0.2) is 4.39 Å². The molecule has 2 rings (SSSR count). The minimum absolute atomic E-state index is 0.133. The molecule has 0 saturated heterocycles. The van der Waals surface area contributed by atoms with Crippen LogP contribution in [-0.2, 0) is 0 Å². The number of halogens is 1. The van der Waals surface area contributed by atoms with Gasteiger partial charge in [0.15, 0.2) is 0 Å². The first-order valence-electron chi connectivity index (χ1n) is 5.58. The van der Waals surface area contributed by atoms with Crippen molar-refractivity contribution in [2.24, 2.45) is 0 Å². The zero-order valence-electron chi connectivity index (χ0n) is 9.74. The predicted octanol–water partition coefficient (Wildman–Crippen LogP) is 2.20. The van der Waals surface area contributed by atoms with E-state index in [4.69, 9.17) is 5.73 Å². The number of hydrogen-bond donors (Lipinski definition) is 1. The van der Waals surface area contributed by atoms with Crippen molar-refractivity contribution in [3.63, 3.8) is 0 Å². The maximum atomic E-state index is 12.9. The van der Waals surface area contributed by atoms with Gasteiger partial charge in [0.2, 0.25) is 0 Å². The van der Waals surface area contributed by atoms with Crippen LogP contribution in [0.5, 0.6) is 0 Å². The van der Waals surface area contributed by atoms with E-state index in [0.717, 1.165) is 6.42 Å².